The fraction of sp³-hybridized carbons (Fsp3) is 0.133. The molecular formula is C15H15NO3. The molecule has 4 nitrogen and oxygen atoms in total. The molecule has 2 aromatic rings. The third-order valence-corrected chi connectivity index (χ3v) is 2.51. The van der Waals surface area contributed by atoms with Crippen molar-refractivity contribution in [3.05, 3.63) is 60.2 Å². The average Bonchev–Trinajstić information content (AvgIpc) is 2.44. The van der Waals surface area contributed by atoms with Gasteiger partial charge in [-0.15, -0.1) is 0 Å². The van der Waals surface area contributed by atoms with E-state index in [-0.39, 0.29) is 11.7 Å². The van der Waals surface area contributed by atoms with Crippen molar-refractivity contribution in [3.8, 4) is 11.5 Å². The highest BCUT2D eigenvalue weighted by Crippen LogP contribution is 2.10. The number of nitrogens with one attached hydrogen (secondary N) is 1. The van der Waals surface area contributed by atoms with Crippen molar-refractivity contribution in [1.82, 2.24) is 5.32 Å². The van der Waals surface area contributed by atoms with Crippen molar-refractivity contribution in [3.63, 3.8) is 0 Å². The number of aromatic hydroxyl groups is 1. The molecule has 0 aromatic heterocycles. The zero-order chi connectivity index (χ0) is 13.5. The zero-order valence-corrected chi connectivity index (χ0v) is 10.4. The third kappa shape index (κ3) is 4.03. The molecule has 0 fully saturated rings. The van der Waals surface area contributed by atoms with E-state index in [4.69, 9.17) is 4.74 Å². The van der Waals surface area contributed by atoms with Gasteiger partial charge in [-0.05, 0) is 30.3 Å². The van der Waals surface area contributed by atoms with E-state index in [1.165, 1.54) is 12.1 Å². The quantitative estimate of drug-likeness (QED) is 0.807. The molecule has 0 spiro atoms. The van der Waals surface area contributed by atoms with Crippen LogP contribution in [-0.2, 0) is 0 Å². The molecule has 0 heterocycles. The van der Waals surface area contributed by atoms with Crippen LogP contribution in [-0.4, -0.2) is 24.2 Å². The first-order valence-electron chi connectivity index (χ1n) is 6.01. The van der Waals surface area contributed by atoms with Gasteiger partial charge < -0.3 is 15.2 Å². The summed E-state index contributed by atoms with van der Waals surface area (Å²) >= 11 is 0. The largest absolute Gasteiger partial charge is 0.508 e. The molecule has 0 aliphatic rings. The van der Waals surface area contributed by atoms with E-state index >= 15 is 0 Å². The van der Waals surface area contributed by atoms with Gasteiger partial charge in [-0.1, -0.05) is 24.3 Å². The van der Waals surface area contributed by atoms with Gasteiger partial charge >= 0.3 is 0 Å². The van der Waals surface area contributed by atoms with E-state index in [1.54, 1.807) is 12.1 Å². The summed E-state index contributed by atoms with van der Waals surface area (Å²) in [5.74, 6) is 0.620. The van der Waals surface area contributed by atoms with Crippen molar-refractivity contribution in [2.75, 3.05) is 13.2 Å². The van der Waals surface area contributed by atoms with Gasteiger partial charge in [0.2, 0.25) is 0 Å². The van der Waals surface area contributed by atoms with Crippen molar-refractivity contribution in [2.45, 2.75) is 0 Å². The molecule has 19 heavy (non-hydrogen) atoms. The Morgan fingerprint density at radius 3 is 2.63 bits per heavy atom. The lowest BCUT2D eigenvalue weighted by Crippen LogP contribution is -2.28. The number of carbonyl (C=O) groups excluding carboxylic acids is 1. The van der Waals surface area contributed by atoms with E-state index < -0.39 is 0 Å². The number of amides is 1. The second-order valence-electron chi connectivity index (χ2n) is 3.97. The minimum atomic E-state index is -0.229. The summed E-state index contributed by atoms with van der Waals surface area (Å²) in [7, 11) is 0. The van der Waals surface area contributed by atoms with Crippen molar-refractivity contribution >= 4 is 5.91 Å². The first kappa shape index (κ1) is 13.0. The summed E-state index contributed by atoms with van der Waals surface area (Å²) in [5, 5.41) is 12.0. The summed E-state index contributed by atoms with van der Waals surface area (Å²) in [6, 6.07) is 15.6. The van der Waals surface area contributed by atoms with Crippen LogP contribution in [0, 0.1) is 0 Å². The Hall–Kier alpha value is -2.49. The summed E-state index contributed by atoms with van der Waals surface area (Å²) < 4.78 is 5.45. The Morgan fingerprint density at radius 2 is 1.89 bits per heavy atom. The van der Waals surface area contributed by atoms with Crippen molar-refractivity contribution < 1.29 is 14.6 Å². The topological polar surface area (TPSA) is 58.6 Å². The molecule has 0 aliphatic carbocycles. The predicted molar refractivity (Wildman–Crippen MR) is 72.4 cm³/mol. The van der Waals surface area contributed by atoms with E-state index in [9.17, 15) is 9.90 Å². The highest BCUT2D eigenvalue weighted by atomic mass is 16.5. The van der Waals surface area contributed by atoms with Gasteiger partial charge in [-0.25, -0.2) is 0 Å². The minimum absolute atomic E-state index is 0.0770. The van der Waals surface area contributed by atoms with E-state index in [0.29, 0.717) is 18.7 Å². The molecule has 4 heteroatoms. The SMILES string of the molecule is O=C(NCCOc1ccccc1)c1cccc(O)c1. The Morgan fingerprint density at radius 1 is 1.11 bits per heavy atom. The molecule has 98 valence electrons. The Bertz CT molecular complexity index is 540. The first-order chi connectivity index (χ1) is 9.25. The monoisotopic (exact) mass is 257 g/mol. The molecule has 0 atom stereocenters. The maximum absolute atomic E-state index is 11.7. The minimum Gasteiger partial charge on any atom is -0.508 e. The second-order valence-corrected chi connectivity index (χ2v) is 3.97. The fourth-order valence-corrected chi connectivity index (χ4v) is 1.60. The Kier molecular flexibility index (Phi) is 4.39. The van der Waals surface area contributed by atoms with Gasteiger partial charge in [0.1, 0.15) is 18.1 Å². The molecule has 2 N–H and O–H groups in total. The van der Waals surface area contributed by atoms with Crippen molar-refractivity contribution in [2.24, 2.45) is 0 Å². The summed E-state index contributed by atoms with van der Waals surface area (Å²) in [4.78, 5) is 11.7. The highest BCUT2D eigenvalue weighted by molar-refractivity contribution is 5.94. The normalized spacial score (nSPS) is 9.89. The molecule has 0 unspecified atom stereocenters. The molecule has 2 aromatic carbocycles. The fourth-order valence-electron chi connectivity index (χ4n) is 1.60. The second kappa shape index (κ2) is 6.44. The van der Waals surface area contributed by atoms with Crippen LogP contribution in [0.5, 0.6) is 11.5 Å². The predicted octanol–water partition coefficient (Wildman–Crippen LogP) is 2.20. The van der Waals surface area contributed by atoms with Gasteiger partial charge in [0.25, 0.3) is 5.91 Å². The van der Waals surface area contributed by atoms with Crippen LogP contribution in [0.2, 0.25) is 0 Å². The van der Waals surface area contributed by atoms with Crippen LogP contribution in [0.3, 0.4) is 0 Å². The maximum atomic E-state index is 11.7. The molecule has 0 saturated heterocycles. The standard InChI is InChI=1S/C15H15NO3/c17-13-6-4-5-12(11-13)15(18)16-9-10-19-14-7-2-1-3-8-14/h1-8,11,17H,9-10H2,(H,16,18). The van der Waals surface area contributed by atoms with E-state index in [0.717, 1.165) is 5.75 Å². The van der Waals surface area contributed by atoms with Crippen LogP contribution in [0.1, 0.15) is 10.4 Å². The van der Waals surface area contributed by atoms with Crippen LogP contribution < -0.4 is 10.1 Å². The van der Waals surface area contributed by atoms with Gasteiger partial charge in [0, 0.05) is 5.56 Å². The van der Waals surface area contributed by atoms with Crippen LogP contribution in [0.25, 0.3) is 0 Å². The van der Waals surface area contributed by atoms with Crippen LogP contribution >= 0.6 is 0 Å². The first-order valence-corrected chi connectivity index (χ1v) is 6.01. The maximum Gasteiger partial charge on any atom is 0.251 e. The smallest absolute Gasteiger partial charge is 0.251 e. The lowest BCUT2D eigenvalue weighted by Gasteiger charge is -2.07. The van der Waals surface area contributed by atoms with E-state index in [1.807, 2.05) is 30.3 Å². The number of phenols is 1. The number of carbonyl (C=O) groups is 1. The van der Waals surface area contributed by atoms with Gasteiger partial charge in [0.15, 0.2) is 0 Å². The molecule has 0 aliphatic heterocycles. The Balaban J connectivity index is 1.75. The average molecular weight is 257 g/mol. The highest BCUT2D eigenvalue weighted by Gasteiger charge is 2.04. The Labute approximate surface area is 111 Å². The lowest BCUT2D eigenvalue weighted by atomic mass is 10.2. The summed E-state index contributed by atoms with van der Waals surface area (Å²) in [6.07, 6.45) is 0. The number of benzene rings is 2. The number of rotatable bonds is 5. The van der Waals surface area contributed by atoms with Crippen molar-refractivity contribution in [1.29, 1.82) is 0 Å². The van der Waals surface area contributed by atoms with E-state index in [2.05, 4.69) is 5.32 Å². The van der Waals surface area contributed by atoms with Gasteiger partial charge in [-0.2, -0.15) is 0 Å². The number of para-hydroxylation sites is 1. The van der Waals surface area contributed by atoms with Crippen LogP contribution in [0.4, 0.5) is 0 Å². The number of ether oxygens (including phenoxy) is 1. The van der Waals surface area contributed by atoms with Gasteiger partial charge in [0.05, 0.1) is 6.54 Å². The number of phenolic OH excluding ortho intramolecular Hbond substituents is 1. The molecule has 1 amide bonds. The molecule has 0 saturated carbocycles. The number of hydrogen-bond donors (Lipinski definition) is 2. The summed E-state index contributed by atoms with van der Waals surface area (Å²) in [5.41, 5.74) is 0.430. The lowest BCUT2D eigenvalue weighted by molar-refractivity contribution is 0.0946. The zero-order valence-electron chi connectivity index (χ0n) is 10.4. The molecule has 2 rings (SSSR count). The number of hydrogen-bond acceptors (Lipinski definition) is 3. The van der Waals surface area contributed by atoms with Crippen LogP contribution in [0.15, 0.2) is 54.6 Å². The summed E-state index contributed by atoms with van der Waals surface area (Å²) in [6.45, 7) is 0.804. The van der Waals surface area contributed by atoms with Gasteiger partial charge in [-0.3, -0.25) is 4.79 Å². The molecular weight excluding hydrogens is 242 g/mol. The molecule has 0 radical (unpaired) electrons. The molecule has 0 bridgehead atoms. The third-order valence-electron chi connectivity index (χ3n) is 2.51.